The molecule has 3 rings (SSSR count). The number of nitrogens with two attached hydrogens (primary N) is 1. The van der Waals surface area contributed by atoms with Gasteiger partial charge in [0.25, 0.3) is 0 Å². The van der Waals surface area contributed by atoms with Crippen molar-refractivity contribution in [3.05, 3.63) is 70.8 Å². The van der Waals surface area contributed by atoms with Crippen molar-refractivity contribution in [2.45, 2.75) is 31.2 Å². The van der Waals surface area contributed by atoms with Gasteiger partial charge < -0.3 is 5.73 Å². The Morgan fingerprint density at radius 2 is 1.65 bits per heavy atom. The molecule has 0 spiro atoms. The highest BCUT2D eigenvalue weighted by Crippen LogP contribution is 2.29. The molecular weight excluding hydrogens is 256 g/mol. The van der Waals surface area contributed by atoms with Crippen LogP contribution in [-0.4, -0.2) is 5.54 Å². The van der Waals surface area contributed by atoms with E-state index in [0.29, 0.717) is 12.0 Å². The quantitative estimate of drug-likeness (QED) is 0.891. The average Bonchev–Trinajstić information content (AvgIpc) is 2.36. The van der Waals surface area contributed by atoms with E-state index < -0.39 is 17.2 Å². The number of fused-ring (bicyclic) bond motifs is 1. The zero-order valence-corrected chi connectivity index (χ0v) is 11.2. The van der Waals surface area contributed by atoms with Gasteiger partial charge in [-0.1, -0.05) is 24.3 Å². The molecule has 0 bridgehead atoms. The molecule has 0 saturated carbocycles. The molecule has 1 unspecified atom stereocenters. The van der Waals surface area contributed by atoms with Gasteiger partial charge in [0.2, 0.25) is 0 Å². The molecule has 0 heterocycles. The van der Waals surface area contributed by atoms with E-state index in [2.05, 4.69) is 12.1 Å². The summed E-state index contributed by atoms with van der Waals surface area (Å²) in [7, 11) is 0. The largest absolute Gasteiger partial charge is 0.324 e. The van der Waals surface area contributed by atoms with Gasteiger partial charge in [-0.3, -0.25) is 0 Å². The van der Waals surface area contributed by atoms with Gasteiger partial charge in [0.05, 0.1) is 0 Å². The molecule has 3 heteroatoms. The van der Waals surface area contributed by atoms with E-state index in [4.69, 9.17) is 5.73 Å². The highest BCUT2D eigenvalue weighted by atomic mass is 19.1. The van der Waals surface area contributed by atoms with Crippen LogP contribution < -0.4 is 5.73 Å². The van der Waals surface area contributed by atoms with Crippen LogP contribution in [0.5, 0.6) is 0 Å². The van der Waals surface area contributed by atoms with Crippen LogP contribution >= 0.6 is 0 Å². The number of hydrogen-bond donors (Lipinski definition) is 1. The van der Waals surface area contributed by atoms with E-state index in [1.165, 1.54) is 23.3 Å². The molecule has 0 amide bonds. The van der Waals surface area contributed by atoms with Gasteiger partial charge in [-0.2, -0.15) is 0 Å². The molecule has 0 radical (unpaired) electrons. The highest BCUT2D eigenvalue weighted by Gasteiger charge is 2.30. The maximum Gasteiger partial charge on any atom is 0.126 e. The summed E-state index contributed by atoms with van der Waals surface area (Å²) in [5.41, 5.74) is 9.25. The van der Waals surface area contributed by atoms with Crippen LogP contribution in [0.4, 0.5) is 8.78 Å². The Hall–Kier alpha value is -1.74. The number of aryl methyl sites for hydroxylation is 1. The molecule has 0 fully saturated rings. The molecule has 1 aliphatic carbocycles. The van der Waals surface area contributed by atoms with Gasteiger partial charge >= 0.3 is 0 Å². The summed E-state index contributed by atoms with van der Waals surface area (Å²) in [5, 5.41) is 0. The minimum atomic E-state index is -0.542. The van der Waals surface area contributed by atoms with Gasteiger partial charge in [0, 0.05) is 11.6 Å². The standard InChI is InChI=1S/C17H17F2N/c18-15-7-12(8-16(19)9-15)10-17(20)6-5-13-3-1-2-4-14(13)11-17/h1-4,7-9H,5-6,10-11,20H2. The highest BCUT2D eigenvalue weighted by molar-refractivity contribution is 5.33. The van der Waals surface area contributed by atoms with Crippen LogP contribution in [0.3, 0.4) is 0 Å². The number of hydrogen-bond acceptors (Lipinski definition) is 1. The topological polar surface area (TPSA) is 26.0 Å². The van der Waals surface area contributed by atoms with Crippen LogP contribution in [-0.2, 0) is 19.3 Å². The van der Waals surface area contributed by atoms with Crippen molar-refractivity contribution in [3.63, 3.8) is 0 Å². The SMILES string of the molecule is NC1(Cc2cc(F)cc(F)c2)CCc2ccccc2C1. The van der Waals surface area contributed by atoms with E-state index in [-0.39, 0.29) is 0 Å². The van der Waals surface area contributed by atoms with Crippen molar-refractivity contribution >= 4 is 0 Å². The number of rotatable bonds is 2. The van der Waals surface area contributed by atoms with Crippen molar-refractivity contribution in [1.82, 2.24) is 0 Å². The second-order valence-corrected chi connectivity index (χ2v) is 5.76. The second-order valence-electron chi connectivity index (χ2n) is 5.76. The van der Waals surface area contributed by atoms with Crippen molar-refractivity contribution in [2.75, 3.05) is 0 Å². The van der Waals surface area contributed by atoms with E-state index in [1.807, 2.05) is 12.1 Å². The predicted octanol–water partition coefficient (Wildman–Crippen LogP) is 3.39. The van der Waals surface area contributed by atoms with Crippen LogP contribution in [0.25, 0.3) is 0 Å². The lowest BCUT2D eigenvalue weighted by molar-refractivity contribution is 0.368. The molecule has 0 aromatic heterocycles. The van der Waals surface area contributed by atoms with Crippen LogP contribution in [0, 0.1) is 11.6 Å². The summed E-state index contributed by atoms with van der Waals surface area (Å²) in [4.78, 5) is 0. The zero-order valence-electron chi connectivity index (χ0n) is 11.2. The first-order chi connectivity index (χ1) is 9.54. The van der Waals surface area contributed by atoms with Crippen LogP contribution in [0.1, 0.15) is 23.1 Å². The minimum absolute atomic E-state index is 0.422. The fraction of sp³-hybridized carbons (Fsp3) is 0.294. The summed E-state index contributed by atoms with van der Waals surface area (Å²) >= 11 is 0. The molecule has 104 valence electrons. The van der Waals surface area contributed by atoms with Crippen LogP contribution in [0.2, 0.25) is 0 Å². The maximum absolute atomic E-state index is 13.3. The van der Waals surface area contributed by atoms with E-state index in [0.717, 1.165) is 25.3 Å². The van der Waals surface area contributed by atoms with Gasteiger partial charge in [-0.05, 0) is 54.5 Å². The first-order valence-corrected chi connectivity index (χ1v) is 6.85. The Bertz CT molecular complexity index is 618. The lowest BCUT2D eigenvalue weighted by atomic mass is 9.75. The number of halogens is 2. The lowest BCUT2D eigenvalue weighted by Crippen LogP contribution is -2.47. The zero-order chi connectivity index (χ0) is 14.2. The molecule has 2 N–H and O–H groups in total. The Labute approximate surface area is 117 Å². The molecule has 20 heavy (non-hydrogen) atoms. The Kier molecular flexibility index (Phi) is 3.30. The summed E-state index contributed by atoms with van der Waals surface area (Å²) in [6, 6.07) is 11.9. The first-order valence-electron chi connectivity index (χ1n) is 6.85. The average molecular weight is 273 g/mol. The number of benzene rings is 2. The predicted molar refractivity (Wildman–Crippen MR) is 75.4 cm³/mol. The lowest BCUT2D eigenvalue weighted by Gasteiger charge is -2.35. The third kappa shape index (κ3) is 2.73. The van der Waals surface area contributed by atoms with E-state index >= 15 is 0 Å². The fourth-order valence-corrected chi connectivity index (χ4v) is 3.10. The molecule has 1 aliphatic rings. The van der Waals surface area contributed by atoms with Crippen LogP contribution in [0.15, 0.2) is 42.5 Å². The van der Waals surface area contributed by atoms with Crippen molar-refractivity contribution in [2.24, 2.45) is 5.73 Å². The maximum atomic E-state index is 13.3. The Morgan fingerprint density at radius 3 is 2.35 bits per heavy atom. The molecule has 1 atom stereocenters. The summed E-state index contributed by atoms with van der Waals surface area (Å²) in [6.45, 7) is 0. The Balaban J connectivity index is 1.84. The third-order valence-electron chi connectivity index (χ3n) is 4.03. The molecule has 0 saturated heterocycles. The second kappa shape index (κ2) is 4.98. The van der Waals surface area contributed by atoms with Crippen molar-refractivity contribution in [3.8, 4) is 0 Å². The normalized spacial score (nSPS) is 21.6. The summed E-state index contributed by atoms with van der Waals surface area (Å²) < 4.78 is 26.5. The van der Waals surface area contributed by atoms with E-state index in [1.54, 1.807) is 0 Å². The smallest absolute Gasteiger partial charge is 0.126 e. The van der Waals surface area contributed by atoms with Gasteiger partial charge in [-0.15, -0.1) is 0 Å². The molecule has 0 aliphatic heterocycles. The van der Waals surface area contributed by atoms with Crippen molar-refractivity contribution < 1.29 is 8.78 Å². The Morgan fingerprint density at radius 1 is 1.00 bits per heavy atom. The van der Waals surface area contributed by atoms with Gasteiger partial charge in [0.1, 0.15) is 11.6 Å². The fourth-order valence-electron chi connectivity index (χ4n) is 3.10. The molecule has 2 aromatic carbocycles. The first kappa shape index (κ1) is 13.3. The molecular formula is C17H17F2N. The van der Waals surface area contributed by atoms with E-state index in [9.17, 15) is 8.78 Å². The van der Waals surface area contributed by atoms with Gasteiger partial charge in [-0.25, -0.2) is 8.78 Å². The monoisotopic (exact) mass is 273 g/mol. The minimum Gasteiger partial charge on any atom is -0.324 e. The summed E-state index contributed by atoms with van der Waals surface area (Å²) in [5.74, 6) is -1.08. The third-order valence-corrected chi connectivity index (χ3v) is 4.03. The van der Waals surface area contributed by atoms with Gasteiger partial charge in [0.15, 0.2) is 0 Å². The summed E-state index contributed by atoms with van der Waals surface area (Å²) in [6.07, 6.45) is 3.00. The molecule has 1 nitrogen and oxygen atoms in total. The van der Waals surface area contributed by atoms with Crippen molar-refractivity contribution in [1.29, 1.82) is 0 Å². The molecule has 2 aromatic rings.